The zero-order chi connectivity index (χ0) is 19.7. The molecule has 142 valence electrons. The van der Waals surface area contributed by atoms with Gasteiger partial charge in [0.05, 0.1) is 16.7 Å². The fourth-order valence-electron chi connectivity index (χ4n) is 4.46. The summed E-state index contributed by atoms with van der Waals surface area (Å²) in [5.74, 6) is 0. The number of ether oxygens (including phenoxy) is 1. The third kappa shape index (κ3) is 2.13. The van der Waals surface area contributed by atoms with Crippen LogP contribution in [-0.2, 0) is 6.61 Å². The van der Waals surface area contributed by atoms with Crippen LogP contribution in [-0.4, -0.2) is 9.55 Å². The summed E-state index contributed by atoms with van der Waals surface area (Å²) in [5, 5.41) is 2.28. The molecule has 1 aliphatic heterocycles. The topological polar surface area (TPSA) is 40.2 Å². The van der Waals surface area contributed by atoms with Gasteiger partial charge in [-0.2, -0.15) is 4.98 Å². The molecule has 0 amide bonds. The number of furan rings is 1. The Balaban J connectivity index is 1.45. The Morgan fingerprint density at radius 2 is 1.53 bits per heavy atom. The molecule has 6 aromatic rings. The molecule has 0 N–H and O–H groups in total. The summed E-state index contributed by atoms with van der Waals surface area (Å²) in [5.41, 5.74) is 8.43. The second kappa shape index (κ2) is 5.74. The van der Waals surface area contributed by atoms with Gasteiger partial charge in [-0.3, -0.25) is 4.57 Å². The van der Waals surface area contributed by atoms with Crippen molar-refractivity contribution < 1.29 is 9.15 Å². The Morgan fingerprint density at radius 1 is 0.733 bits per heavy atom. The number of benzene rings is 4. The normalized spacial score (nSPS) is 12.8. The summed E-state index contributed by atoms with van der Waals surface area (Å²) in [7, 11) is 0. The summed E-state index contributed by atoms with van der Waals surface area (Å²) in [6.07, 6.45) is 0. The molecule has 30 heavy (non-hydrogen) atoms. The fourth-order valence-corrected chi connectivity index (χ4v) is 4.46. The van der Waals surface area contributed by atoms with E-state index >= 15 is 0 Å². The van der Waals surface area contributed by atoms with E-state index in [-0.39, 0.29) is 0 Å². The molecule has 0 fully saturated rings. The predicted octanol–water partition coefficient (Wildman–Crippen LogP) is 6.48. The molecule has 0 bridgehead atoms. The Kier molecular flexibility index (Phi) is 3.03. The van der Waals surface area contributed by atoms with Crippen molar-refractivity contribution >= 4 is 33.0 Å². The molecule has 4 nitrogen and oxygen atoms in total. The molecule has 0 saturated carbocycles. The van der Waals surface area contributed by atoms with E-state index in [0.29, 0.717) is 12.6 Å². The zero-order valence-corrected chi connectivity index (χ0v) is 16.0. The molecule has 3 heterocycles. The average Bonchev–Trinajstić information content (AvgIpc) is 3.36. The van der Waals surface area contributed by atoms with E-state index in [0.717, 1.165) is 55.3 Å². The lowest BCUT2D eigenvalue weighted by Gasteiger charge is -2.20. The number of nitrogens with zero attached hydrogens (tertiary/aromatic N) is 2. The first kappa shape index (κ1) is 15.8. The molecule has 0 spiro atoms. The highest BCUT2D eigenvalue weighted by Gasteiger charge is 2.22. The van der Waals surface area contributed by atoms with Crippen molar-refractivity contribution in [2.75, 3.05) is 0 Å². The van der Waals surface area contributed by atoms with Gasteiger partial charge in [0.25, 0.3) is 0 Å². The van der Waals surface area contributed by atoms with E-state index in [2.05, 4.69) is 64.1 Å². The van der Waals surface area contributed by atoms with E-state index in [1.807, 2.05) is 30.3 Å². The van der Waals surface area contributed by atoms with Gasteiger partial charge in [0.15, 0.2) is 0 Å². The first-order valence-electron chi connectivity index (χ1n) is 10.0. The molecule has 1 aliphatic rings. The van der Waals surface area contributed by atoms with Crippen LogP contribution < -0.4 is 4.74 Å². The average molecular weight is 388 g/mol. The van der Waals surface area contributed by atoms with Gasteiger partial charge in [-0.05, 0) is 47.5 Å². The fraction of sp³-hybridized carbons (Fsp3) is 0.0385. The minimum Gasteiger partial charge on any atom is -0.459 e. The Morgan fingerprint density at radius 3 is 2.53 bits per heavy atom. The van der Waals surface area contributed by atoms with Crippen LogP contribution in [0.5, 0.6) is 6.01 Å². The number of rotatable bonds is 1. The SMILES string of the molecule is c1ccc2c(c1)nc1n2-c2cc(-c3ccc4oc5ccccc5c4c3)ccc2CO1. The standard InChI is InChI=1S/C26H16N2O2/c1-4-8-24-19(5-1)20-13-16(11-12-25(20)30-24)17-9-10-18-15-29-26-27-21-6-2-3-7-22(21)28(26)23(18)14-17/h1-14H,15H2. The number of para-hydroxylation sites is 3. The summed E-state index contributed by atoms with van der Waals surface area (Å²) in [6.45, 7) is 0.532. The zero-order valence-electron chi connectivity index (χ0n) is 16.0. The second-order valence-corrected chi connectivity index (χ2v) is 7.66. The minimum atomic E-state index is 0.532. The Hall–Kier alpha value is -4.05. The Bertz CT molecular complexity index is 1610. The molecular formula is C26H16N2O2. The van der Waals surface area contributed by atoms with Crippen LogP contribution in [0.1, 0.15) is 5.56 Å². The van der Waals surface area contributed by atoms with Crippen LogP contribution in [0.15, 0.2) is 89.3 Å². The molecule has 0 radical (unpaired) electrons. The molecule has 4 aromatic carbocycles. The molecule has 2 aromatic heterocycles. The third-order valence-corrected chi connectivity index (χ3v) is 5.92. The number of imidazole rings is 1. The number of fused-ring (bicyclic) bond motifs is 8. The first-order chi connectivity index (χ1) is 14.8. The number of hydrogen-bond donors (Lipinski definition) is 0. The highest BCUT2D eigenvalue weighted by atomic mass is 16.5. The van der Waals surface area contributed by atoms with Crippen molar-refractivity contribution in [3.05, 3.63) is 90.5 Å². The number of hydrogen-bond acceptors (Lipinski definition) is 3. The van der Waals surface area contributed by atoms with Gasteiger partial charge in [0.1, 0.15) is 17.8 Å². The largest absolute Gasteiger partial charge is 0.459 e. The van der Waals surface area contributed by atoms with Crippen molar-refractivity contribution in [2.45, 2.75) is 6.61 Å². The summed E-state index contributed by atoms with van der Waals surface area (Å²) in [4.78, 5) is 4.65. The van der Waals surface area contributed by atoms with Crippen LogP contribution in [0.3, 0.4) is 0 Å². The summed E-state index contributed by atoms with van der Waals surface area (Å²) in [6, 6.07) is 29.9. The van der Waals surface area contributed by atoms with E-state index in [1.54, 1.807) is 0 Å². The van der Waals surface area contributed by atoms with Crippen LogP contribution in [0.25, 0.3) is 49.8 Å². The lowest BCUT2D eigenvalue weighted by molar-refractivity contribution is 0.266. The number of aromatic nitrogens is 2. The monoisotopic (exact) mass is 388 g/mol. The molecule has 7 rings (SSSR count). The second-order valence-electron chi connectivity index (χ2n) is 7.66. The molecule has 0 aliphatic carbocycles. The van der Waals surface area contributed by atoms with Crippen LogP contribution in [0, 0.1) is 0 Å². The maximum Gasteiger partial charge on any atom is 0.302 e. The summed E-state index contributed by atoms with van der Waals surface area (Å²) < 4.78 is 14.0. The predicted molar refractivity (Wildman–Crippen MR) is 118 cm³/mol. The minimum absolute atomic E-state index is 0.532. The van der Waals surface area contributed by atoms with E-state index in [9.17, 15) is 0 Å². The molecular weight excluding hydrogens is 372 g/mol. The lowest BCUT2D eigenvalue weighted by Crippen LogP contribution is -2.12. The van der Waals surface area contributed by atoms with Crippen LogP contribution in [0.4, 0.5) is 0 Å². The van der Waals surface area contributed by atoms with Gasteiger partial charge in [-0.1, -0.05) is 48.5 Å². The van der Waals surface area contributed by atoms with Gasteiger partial charge in [-0.25, -0.2) is 0 Å². The van der Waals surface area contributed by atoms with E-state index in [4.69, 9.17) is 9.15 Å². The van der Waals surface area contributed by atoms with Crippen molar-refractivity contribution in [1.29, 1.82) is 0 Å². The molecule has 0 atom stereocenters. The molecule has 0 unspecified atom stereocenters. The first-order valence-corrected chi connectivity index (χ1v) is 10.0. The van der Waals surface area contributed by atoms with Crippen molar-refractivity contribution in [3.8, 4) is 22.8 Å². The lowest BCUT2D eigenvalue weighted by atomic mass is 10.00. The van der Waals surface area contributed by atoms with Crippen LogP contribution >= 0.6 is 0 Å². The smallest absolute Gasteiger partial charge is 0.302 e. The molecule has 4 heteroatoms. The van der Waals surface area contributed by atoms with Crippen molar-refractivity contribution in [2.24, 2.45) is 0 Å². The van der Waals surface area contributed by atoms with E-state index < -0.39 is 0 Å². The summed E-state index contributed by atoms with van der Waals surface area (Å²) >= 11 is 0. The highest BCUT2D eigenvalue weighted by molar-refractivity contribution is 6.06. The third-order valence-electron chi connectivity index (χ3n) is 5.92. The maximum absolute atomic E-state index is 5.99. The molecule has 0 saturated heterocycles. The van der Waals surface area contributed by atoms with E-state index in [1.165, 1.54) is 0 Å². The quantitative estimate of drug-likeness (QED) is 0.323. The Labute approximate surface area is 171 Å². The van der Waals surface area contributed by atoms with Gasteiger partial charge >= 0.3 is 6.01 Å². The van der Waals surface area contributed by atoms with Crippen LogP contribution in [0.2, 0.25) is 0 Å². The van der Waals surface area contributed by atoms with Gasteiger partial charge < -0.3 is 9.15 Å². The maximum atomic E-state index is 5.99. The van der Waals surface area contributed by atoms with Crippen molar-refractivity contribution in [1.82, 2.24) is 9.55 Å². The highest BCUT2D eigenvalue weighted by Crippen LogP contribution is 2.37. The van der Waals surface area contributed by atoms with Gasteiger partial charge in [-0.15, -0.1) is 0 Å². The van der Waals surface area contributed by atoms with Gasteiger partial charge in [0.2, 0.25) is 0 Å². The van der Waals surface area contributed by atoms with Gasteiger partial charge in [0, 0.05) is 16.3 Å². The van der Waals surface area contributed by atoms with Crippen molar-refractivity contribution in [3.63, 3.8) is 0 Å².